The minimum absolute atomic E-state index is 0.0307. The van der Waals surface area contributed by atoms with Crippen LogP contribution in [0.25, 0.3) is 0 Å². The Labute approximate surface area is 195 Å². The van der Waals surface area contributed by atoms with Crippen LogP contribution in [-0.2, 0) is 16.1 Å². The summed E-state index contributed by atoms with van der Waals surface area (Å²) in [7, 11) is 0. The van der Waals surface area contributed by atoms with E-state index in [-0.39, 0.29) is 31.0 Å². The standard InChI is InChI=1S/C22H25BrCl2N2O3/c1-4-19(22(29)26-14(2)3)27(12-15-5-8-17(24)9-6-15)21(28)13-30-20-10-7-16(23)11-18(20)25/h5-11,14,19H,4,12-13H2,1-3H3,(H,26,29). The average molecular weight is 516 g/mol. The highest BCUT2D eigenvalue weighted by Gasteiger charge is 2.29. The molecule has 0 saturated heterocycles. The van der Waals surface area contributed by atoms with Crippen LogP contribution in [0.4, 0.5) is 0 Å². The number of amides is 2. The molecule has 1 atom stereocenters. The zero-order chi connectivity index (χ0) is 22.3. The van der Waals surface area contributed by atoms with Crippen molar-refractivity contribution >= 4 is 50.9 Å². The van der Waals surface area contributed by atoms with Gasteiger partial charge in [0, 0.05) is 22.1 Å². The van der Waals surface area contributed by atoms with E-state index in [9.17, 15) is 9.59 Å². The number of nitrogens with zero attached hydrogens (tertiary/aromatic N) is 1. The monoisotopic (exact) mass is 514 g/mol. The number of ether oxygens (including phenoxy) is 1. The minimum Gasteiger partial charge on any atom is -0.482 e. The molecule has 2 rings (SSSR count). The average Bonchev–Trinajstić information content (AvgIpc) is 2.68. The molecule has 0 radical (unpaired) electrons. The van der Waals surface area contributed by atoms with E-state index in [1.54, 1.807) is 30.3 Å². The van der Waals surface area contributed by atoms with Crippen molar-refractivity contribution in [1.82, 2.24) is 10.2 Å². The first-order valence-corrected chi connectivity index (χ1v) is 11.2. The van der Waals surface area contributed by atoms with Gasteiger partial charge < -0.3 is 15.0 Å². The third-order valence-electron chi connectivity index (χ3n) is 4.33. The summed E-state index contributed by atoms with van der Waals surface area (Å²) in [4.78, 5) is 27.4. The van der Waals surface area contributed by atoms with E-state index in [4.69, 9.17) is 27.9 Å². The summed E-state index contributed by atoms with van der Waals surface area (Å²) in [5, 5.41) is 3.89. The quantitative estimate of drug-likeness (QED) is 0.482. The number of hydrogen-bond donors (Lipinski definition) is 1. The Morgan fingerprint density at radius 2 is 1.80 bits per heavy atom. The van der Waals surface area contributed by atoms with E-state index < -0.39 is 6.04 Å². The maximum Gasteiger partial charge on any atom is 0.261 e. The molecule has 1 N–H and O–H groups in total. The molecule has 2 aromatic carbocycles. The van der Waals surface area contributed by atoms with Crippen LogP contribution in [0.1, 0.15) is 32.8 Å². The Hall–Kier alpha value is -1.76. The molecule has 0 aliphatic carbocycles. The zero-order valence-electron chi connectivity index (χ0n) is 17.1. The Bertz CT molecular complexity index is 875. The van der Waals surface area contributed by atoms with Crippen molar-refractivity contribution in [1.29, 1.82) is 0 Å². The molecule has 1 unspecified atom stereocenters. The fraction of sp³-hybridized carbons (Fsp3) is 0.364. The minimum atomic E-state index is -0.625. The van der Waals surface area contributed by atoms with Crippen LogP contribution in [-0.4, -0.2) is 35.4 Å². The van der Waals surface area contributed by atoms with Gasteiger partial charge >= 0.3 is 0 Å². The van der Waals surface area contributed by atoms with Gasteiger partial charge in [0.05, 0.1) is 5.02 Å². The molecule has 0 fully saturated rings. The summed E-state index contributed by atoms with van der Waals surface area (Å²) < 4.78 is 6.46. The fourth-order valence-corrected chi connectivity index (χ4v) is 3.76. The van der Waals surface area contributed by atoms with Gasteiger partial charge in [-0.15, -0.1) is 0 Å². The van der Waals surface area contributed by atoms with Gasteiger partial charge in [0.2, 0.25) is 5.91 Å². The van der Waals surface area contributed by atoms with Gasteiger partial charge in [-0.1, -0.05) is 58.2 Å². The normalized spacial score (nSPS) is 11.8. The maximum absolute atomic E-state index is 13.1. The van der Waals surface area contributed by atoms with Crippen LogP contribution in [0, 0.1) is 0 Å². The second kappa shape index (κ2) is 11.6. The molecular formula is C22H25BrCl2N2O3. The summed E-state index contributed by atoms with van der Waals surface area (Å²) in [5.41, 5.74) is 0.866. The van der Waals surface area contributed by atoms with Crippen LogP contribution in [0.15, 0.2) is 46.9 Å². The SMILES string of the molecule is CCC(C(=O)NC(C)C)N(Cc1ccc(Cl)cc1)C(=O)COc1ccc(Br)cc1Cl. The summed E-state index contributed by atoms with van der Waals surface area (Å²) >= 11 is 15.5. The smallest absolute Gasteiger partial charge is 0.261 e. The molecule has 0 aliphatic heterocycles. The number of hydrogen-bond acceptors (Lipinski definition) is 3. The Morgan fingerprint density at radius 3 is 2.37 bits per heavy atom. The Morgan fingerprint density at radius 1 is 1.13 bits per heavy atom. The van der Waals surface area contributed by atoms with Crippen LogP contribution in [0.3, 0.4) is 0 Å². The molecule has 0 aromatic heterocycles. The van der Waals surface area contributed by atoms with Gasteiger partial charge in [-0.3, -0.25) is 9.59 Å². The van der Waals surface area contributed by atoms with E-state index in [2.05, 4.69) is 21.2 Å². The second-order valence-electron chi connectivity index (χ2n) is 7.10. The molecule has 0 heterocycles. The highest BCUT2D eigenvalue weighted by Crippen LogP contribution is 2.28. The van der Waals surface area contributed by atoms with Gasteiger partial charge in [0.15, 0.2) is 6.61 Å². The van der Waals surface area contributed by atoms with E-state index in [1.807, 2.05) is 32.9 Å². The number of carbonyl (C=O) groups excluding carboxylic acids is 2. The van der Waals surface area contributed by atoms with Crippen molar-refractivity contribution in [3.8, 4) is 5.75 Å². The Kier molecular flexibility index (Phi) is 9.46. The summed E-state index contributed by atoms with van der Waals surface area (Å²) in [5.74, 6) is -0.106. The van der Waals surface area contributed by atoms with Crippen LogP contribution >= 0.6 is 39.1 Å². The van der Waals surface area contributed by atoms with Crippen LogP contribution < -0.4 is 10.1 Å². The summed E-state index contributed by atoms with van der Waals surface area (Å²) in [6.07, 6.45) is 0.469. The lowest BCUT2D eigenvalue weighted by Crippen LogP contribution is -2.51. The molecular weight excluding hydrogens is 491 g/mol. The molecule has 8 heteroatoms. The number of halogens is 3. The number of carbonyl (C=O) groups is 2. The Balaban J connectivity index is 2.22. The van der Waals surface area contributed by atoms with Crippen LogP contribution in [0.2, 0.25) is 10.0 Å². The predicted molar refractivity (Wildman–Crippen MR) is 124 cm³/mol. The molecule has 0 spiro atoms. The summed E-state index contributed by atoms with van der Waals surface area (Å²) in [6.45, 7) is 5.67. The highest BCUT2D eigenvalue weighted by atomic mass is 79.9. The first-order chi connectivity index (χ1) is 14.2. The van der Waals surface area contributed by atoms with Crippen molar-refractivity contribution < 1.29 is 14.3 Å². The first-order valence-electron chi connectivity index (χ1n) is 9.63. The molecule has 0 saturated carbocycles. The van der Waals surface area contributed by atoms with E-state index in [1.165, 1.54) is 4.90 Å². The highest BCUT2D eigenvalue weighted by molar-refractivity contribution is 9.10. The predicted octanol–water partition coefficient (Wildman–Crippen LogP) is 5.47. The van der Waals surface area contributed by atoms with Crippen molar-refractivity contribution in [3.05, 3.63) is 62.5 Å². The zero-order valence-corrected chi connectivity index (χ0v) is 20.2. The number of rotatable bonds is 9. The fourth-order valence-electron chi connectivity index (χ4n) is 2.90. The van der Waals surface area contributed by atoms with Gasteiger partial charge in [0.1, 0.15) is 11.8 Å². The number of benzene rings is 2. The van der Waals surface area contributed by atoms with E-state index in [0.717, 1.165) is 10.0 Å². The van der Waals surface area contributed by atoms with Crippen molar-refractivity contribution in [2.45, 2.75) is 45.8 Å². The molecule has 162 valence electrons. The molecule has 0 bridgehead atoms. The largest absolute Gasteiger partial charge is 0.482 e. The lowest BCUT2D eigenvalue weighted by molar-refractivity contribution is -0.143. The van der Waals surface area contributed by atoms with Crippen molar-refractivity contribution in [2.24, 2.45) is 0 Å². The molecule has 2 amide bonds. The van der Waals surface area contributed by atoms with Crippen molar-refractivity contribution in [3.63, 3.8) is 0 Å². The first kappa shape index (κ1) is 24.5. The lowest BCUT2D eigenvalue weighted by Gasteiger charge is -2.31. The van der Waals surface area contributed by atoms with Gasteiger partial charge in [-0.2, -0.15) is 0 Å². The maximum atomic E-state index is 13.1. The third kappa shape index (κ3) is 7.18. The van der Waals surface area contributed by atoms with Gasteiger partial charge in [0.25, 0.3) is 5.91 Å². The molecule has 0 aliphatic rings. The third-order valence-corrected chi connectivity index (χ3v) is 5.37. The van der Waals surface area contributed by atoms with Crippen molar-refractivity contribution in [2.75, 3.05) is 6.61 Å². The van der Waals surface area contributed by atoms with E-state index in [0.29, 0.717) is 22.2 Å². The molecule has 5 nitrogen and oxygen atoms in total. The molecule has 30 heavy (non-hydrogen) atoms. The van der Waals surface area contributed by atoms with E-state index >= 15 is 0 Å². The van der Waals surface area contributed by atoms with Crippen LogP contribution in [0.5, 0.6) is 5.75 Å². The molecule has 2 aromatic rings. The number of nitrogens with one attached hydrogen (secondary N) is 1. The van der Waals surface area contributed by atoms with Gasteiger partial charge in [-0.05, 0) is 56.2 Å². The van der Waals surface area contributed by atoms with Gasteiger partial charge in [-0.25, -0.2) is 0 Å². The lowest BCUT2D eigenvalue weighted by atomic mass is 10.1. The topological polar surface area (TPSA) is 58.6 Å². The second-order valence-corrected chi connectivity index (χ2v) is 8.86. The summed E-state index contributed by atoms with van der Waals surface area (Å²) in [6, 6.07) is 11.7.